The van der Waals surface area contributed by atoms with Crippen LogP contribution in [0, 0.1) is 11.6 Å². The van der Waals surface area contributed by atoms with Crippen LogP contribution in [0.3, 0.4) is 0 Å². The molecule has 0 radical (unpaired) electrons. The highest BCUT2D eigenvalue weighted by Crippen LogP contribution is 2.15. The summed E-state index contributed by atoms with van der Waals surface area (Å²) in [5.74, 6) is 0.0198. The zero-order chi connectivity index (χ0) is 19.1. The molecule has 3 aromatic rings. The van der Waals surface area contributed by atoms with Crippen molar-refractivity contribution >= 4 is 5.96 Å². The number of halogens is 2. The van der Waals surface area contributed by atoms with E-state index in [9.17, 15) is 8.78 Å². The van der Waals surface area contributed by atoms with Gasteiger partial charge in [-0.2, -0.15) is 0 Å². The first-order valence-corrected chi connectivity index (χ1v) is 8.69. The van der Waals surface area contributed by atoms with Gasteiger partial charge in [0.05, 0.1) is 18.6 Å². The fraction of sp³-hybridized carbons (Fsp3) is 0.200. The van der Waals surface area contributed by atoms with Gasteiger partial charge >= 0.3 is 0 Å². The number of rotatable bonds is 6. The Morgan fingerprint density at radius 3 is 2.52 bits per heavy atom. The van der Waals surface area contributed by atoms with Crippen molar-refractivity contribution in [3.05, 3.63) is 83.9 Å². The summed E-state index contributed by atoms with van der Waals surface area (Å²) in [5.41, 5.74) is 2.15. The third kappa shape index (κ3) is 5.13. The lowest BCUT2D eigenvalue weighted by atomic mass is 10.2. The molecule has 1 heterocycles. The molecule has 0 atom stereocenters. The number of imidazole rings is 1. The van der Waals surface area contributed by atoms with E-state index in [0.717, 1.165) is 11.1 Å². The van der Waals surface area contributed by atoms with Gasteiger partial charge in [-0.3, -0.25) is 0 Å². The molecule has 3 rings (SSSR count). The minimum atomic E-state index is -0.329. The summed E-state index contributed by atoms with van der Waals surface area (Å²) < 4.78 is 28.9. The lowest BCUT2D eigenvalue weighted by Gasteiger charge is -2.12. The molecular weight excluding hydrogens is 348 g/mol. The number of hydrogen-bond acceptors (Lipinski definition) is 2. The van der Waals surface area contributed by atoms with E-state index in [1.54, 1.807) is 41.5 Å². The second kappa shape index (κ2) is 8.93. The molecule has 5 nitrogen and oxygen atoms in total. The van der Waals surface area contributed by atoms with Crippen molar-refractivity contribution in [2.75, 3.05) is 6.54 Å². The molecule has 0 spiro atoms. The second-order valence-corrected chi connectivity index (χ2v) is 5.93. The van der Waals surface area contributed by atoms with Gasteiger partial charge in [0, 0.05) is 25.5 Å². The van der Waals surface area contributed by atoms with E-state index in [0.29, 0.717) is 31.3 Å². The van der Waals surface area contributed by atoms with Crippen LogP contribution in [-0.2, 0) is 13.1 Å². The zero-order valence-electron chi connectivity index (χ0n) is 15.0. The van der Waals surface area contributed by atoms with Crippen LogP contribution in [-0.4, -0.2) is 22.1 Å². The summed E-state index contributed by atoms with van der Waals surface area (Å²) in [7, 11) is 0. The van der Waals surface area contributed by atoms with Crippen molar-refractivity contribution in [3.63, 3.8) is 0 Å². The molecular formula is C20H21F2N5. The molecule has 2 aromatic carbocycles. The molecule has 0 saturated heterocycles. The van der Waals surface area contributed by atoms with E-state index in [4.69, 9.17) is 0 Å². The maximum atomic E-state index is 14.3. The average molecular weight is 369 g/mol. The van der Waals surface area contributed by atoms with Crippen LogP contribution in [0.4, 0.5) is 8.78 Å². The van der Waals surface area contributed by atoms with E-state index in [1.165, 1.54) is 18.2 Å². The maximum Gasteiger partial charge on any atom is 0.191 e. The van der Waals surface area contributed by atoms with Gasteiger partial charge in [0.1, 0.15) is 11.6 Å². The first-order valence-electron chi connectivity index (χ1n) is 8.69. The number of aliphatic imine (C=N–C) groups is 1. The van der Waals surface area contributed by atoms with Gasteiger partial charge < -0.3 is 15.2 Å². The van der Waals surface area contributed by atoms with E-state index in [2.05, 4.69) is 20.6 Å². The predicted molar refractivity (Wildman–Crippen MR) is 102 cm³/mol. The number of hydrogen-bond donors (Lipinski definition) is 2. The number of benzene rings is 2. The predicted octanol–water partition coefficient (Wildman–Crippen LogP) is 3.41. The molecule has 0 aliphatic rings. The molecule has 0 bridgehead atoms. The molecule has 0 saturated carbocycles. The molecule has 1 aromatic heterocycles. The first kappa shape index (κ1) is 18.6. The number of nitrogens with zero attached hydrogens (tertiary/aromatic N) is 3. The Morgan fingerprint density at radius 1 is 1.07 bits per heavy atom. The van der Waals surface area contributed by atoms with Crippen LogP contribution in [0.1, 0.15) is 18.1 Å². The normalized spacial score (nSPS) is 11.4. The van der Waals surface area contributed by atoms with Crippen LogP contribution in [0.2, 0.25) is 0 Å². The van der Waals surface area contributed by atoms with Crippen LogP contribution >= 0.6 is 0 Å². The third-order valence-electron chi connectivity index (χ3n) is 3.93. The largest absolute Gasteiger partial charge is 0.357 e. The number of aromatic nitrogens is 2. The van der Waals surface area contributed by atoms with E-state index in [1.807, 2.05) is 13.0 Å². The summed E-state index contributed by atoms with van der Waals surface area (Å²) in [6.07, 6.45) is 4.85. The fourth-order valence-electron chi connectivity index (χ4n) is 2.56. The van der Waals surface area contributed by atoms with Gasteiger partial charge in [-0.1, -0.05) is 18.2 Å². The van der Waals surface area contributed by atoms with Gasteiger partial charge in [0.15, 0.2) is 5.96 Å². The van der Waals surface area contributed by atoms with Crippen molar-refractivity contribution in [3.8, 4) is 5.69 Å². The van der Waals surface area contributed by atoms with Crippen LogP contribution in [0.15, 0.2) is 66.2 Å². The Labute approximate surface area is 156 Å². The Kier molecular flexibility index (Phi) is 6.14. The quantitative estimate of drug-likeness (QED) is 0.517. The Bertz CT molecular complexity index is 889. The highest BCUT2D eigenvalue weighted by Gasteiger charge is 2.06. The van der Waals surface area contributed by atoms with Crippen LogP contribution in [0.25, 0.3) is 5.69 Å². The average Bonchev–Trinajstić information content (AvgIpc) is 3.20. The number of nitrogens with one attached hydrogen (secondary N) is 2. The highest BCUT2D eigenvalue weighted by atomic mass is 19.1. The molecule has 140 valence electrons. The van der Waals surface area contributed by atoms with E-state index < -0.39 is 0 Å². The Balaban J connectivity index is 1.65. The minimum Gasteiger partial charge on any atom is -0.357 e. The van der Waals surface area contributed by atoms with Gasteiger partial charge in [0.25, 0.3) is 0 Å². The molecule has 27 heavy (non-hydrogen) atoms. The van der Waals surface area contributed by atoms with Gasteiger partial charge in [-0.15, -0.1) is 0 Å². The molecule has 0 aliphatic carbocycles. The van der Waals surface area contributed by atoms with Crippen molar-refractivity contribution in [1.29, 1.82) is 0 Å². The first-order chi connectivity index (χ1) is 13.2. The smallest absolute Gasteiger partial charge is 0.191 e. The van der Waals surface area contributed by atoms with Crippen molar-refractivity contribution in [2.45, 2.75) is 20.0 Å². The Morgan fingerprint density at radius 2 is 1.85 bits per heavy atom. The monoisotopic (exact) mass is 369 g/mol. The second-order valence-electron chi connectivity index (χ2n) is 5.93. The molecule has 0 aliphatic heterocycles. The summed E-state index contributed by atoms with van der Waals surface area (Å²) in [5, 5.41) is 6.33. The molecule has 0 unspecified atom stereocenters. The topological polar surface area (TPSA) is 54.2 Å². The lowest BCUT2D eigenvalue weighted by molar-refractivity contribution is 0.615. The van der Waals surface area contributed by atoms with Crippen LogP contribution in [0.5, 0.6) is 0 Å². The third-order valence-corrected chi connectivity index (χ3v) is 3.93. The fourth-order valence-corrected chi connectivity index (χ4v) is 2.56. The van der Waals surface area contributed by atoms with E-state index >= 15 is 0 Å². The maximum absolute atomic E-state index is 14.3. The van der Waals surface area contributed by atoms with E-state index in [-0.39, 0.29) is 11.6 Å². The SMILES string of the molecule is CCNC(=NCc1ccc(-n2ccnc2)c(F)c1)NCc1ccc(F)cc1. The van der Waals surface area contributed by atoms with Crippen molar-refractivity contribution in [2.24, 2.45) is 4.99 Å². The lowest BCUT2D eigenvalue weighted by Crippen LogP contribution is -2.36. The van der Waals surface area contributed by atoms with Crippen molar-refractivity contribution in [1.82, 2.24) is 20.2 Å². The summed E-state index contributed by atoms with van der Waals surface area (Å²) in [6.45, 7) is 3.51. The van der Waals surface area contributed by atoms with Gasteiger partial charge in [-0.25, -0.2) is 18.8 Å². The molecule has 0 fully saturated rings. The standard InChI is InChI=1S/C20H21F2N5/c1-2-24-20(25-12-15-3-6-17(21)7-4-15)26-13-16-5-8-19(18(22)11-16)27-10-9-23-14-27/h3-11,14H,2,12-13H2,1H3,(H2,24,25,26). The zero-order valence-corrected chi connectivity index (χ0v) is 15.0. The van der Waals surface area contributed by atoms with Crippen molar-refractivity contribution < 1.29 is 8.78 Å². The van der Waals surface area contributed by atoms with Gasteiger partial charge in [-0.05, 0) is 42.3 Å². The highest BCUT2D eigenvalue weighted by molar-refractivity contribution is 5.79. The summed E-state index contributed by atoms with van der Waals surface area (Å²) >= 11 is 0. The molecule has 0 amide bonds. The summed E-state index contributed by atoms with van der Waals surface area (Å²) in [6, 6.07) is 11.3. The molecule has 7 heteroatoms. The molecule has 2 N–H and O–H groups in total. The minimum absolute atomic E-state index is 0.263. The Hall–Kier alpha value is -3.22. The number of guanidine groups is 1. The van der Waals surface area contributed by atoms with Gasteiger partial charge in [0.2, 0.25) is 0 Å². The van der Waals surface area contributed by atoms with Crippen LogP contribution < -0.4 is 10.6 Å². The summed E-state index contributed by atoms with van der Waals surface area (Å²) in [4.78, 5) is 8.41.